The van der Waals surface area contributed by atoms with Gasteiger partial charge in [0.05, 0.1) is 32.9 Å². The minimum absolute atomic E-state index is 0.0491. The molecule has 1 saturated carbocycles. The van der Waals surface area contributed by atoms with E-state index in [1.807, 2.05) is 10.7 Å². The number of ether oxygens (including phenoxy) is 3. The predicted octanol–water partition coefficient (Wildman–Crippen LogP) is 2.52. The minimum atomic E-state index is -0.0491. The van der Waals surface area contributed by atoms with Crippen LogP contribution in [0.1, 0.15) is 56.0 Å². The van der Waals surface area contributed by atoms with Crippen LogP contribution in [0.2, 0.25) is 0 Å². The lowest BCUT2D eigenvalue weighted by atomic mass is 10.0. The molecular weight excluding hydrogens is 420 g/mol. The van der Waals surface area contributed by atoms with Crippen LogP contribution in [0.3, 0.4) is 0 Å². The van der Waals surface area contributed by atoms with E-state index >= 15 is 0 Å². The number of nitrogens with zero attached hydrogens (tertiary/aromatic N) is 6. The molecule has 1 aromatic carbocycles. The number of hydrogen-bond donors (Lipinski definition) is 0. The summed E-state index contributed by atoms with van der Waals surface area (Å²) in [6.45, 7) is 5.66. The third-order valence-electron chi connectivity index (χ3n) is 7.48. The zero-order valence-corrected chi connectivity index (χ0v) is 19.9. The van der Waals surface area contributed by atoms with E-state index in [1.54, 1.807) is 14.2 Å². The molecular formula is C24H36N6O3. The lowest BCUT2D eigenvalue weighted by Crippen LogP contribution is -2.51. The van der Waals surface area contributed by atoms with Crippen LogP contribution in [0.5, 0.6) is 11.5 Å². The Labute approximate surface area is 196 Å². The monoisotopic (exact) mass is 456 g/mol. The first-order valence-corrected chi connectivity index (χ1v) is 12.3. The summed E-state index contributed by atoms with van der Waals surface area (Å²) in [5.41, 5.74) is 1.12. The van der Waals surface area contributed by atoms with E-state index in [9.17, 15) is 0 Å². The van der Waals surface area contributed by atoms with Gasteiger partial charge in [0.15, 0.2) is 17.3 Å². The third-order valence-corrected chi connectivity index (χ3v) is 7.48. The highest BCUT2D eigenvalue weighted by Crippen LogP contribution is 2.36. The summed E-state index contributed by atoms with van der Waals surface area (Å²) in [4.78, 5) is 5.20. The number of hydrogen-bond acceptors (Lipinski definition) is 8. The molecule has 1 aliphatic carbocycles. The summed E-state index contributed by atoms with van der Waals surface area (Å²) in [5.74, 6) is 2.32. The zero-order valence-electron chi connectivity index (χ0n) is 19.9. The molecule has 2 atom stereocenters. The lowest BCUT2D eigenvalue weighted by molar-refractivity contribution is 0.0719. The van der Waals surface area contributed by atoms with Crippen molar-refractivity contribution in [2.45, 2.75) is 63.3 Å². The van der Waals surface area contributed by atoms with Gasteiger partial charge in [-0.3, -0.25) is 9.80 Å². The molecule has 3 aliphatic rings. The number of rotatable bonds is 8. The fourth-order valence-electron chi connectivity index (χ4n) is 5.69. The smallest absolute Gasteiger partial charge is 0.173 e. The van der Waals surface area contributed by atoms with Crippen LogP contribution in [0.15, 0.2) is 18.2 Å². The summed E-state index contributed by atoms with van der Waals surface area (Å²) in [7, 11) is 3.35. The zero-order chi connectivity index (χ0) is 22.6. The molecule has 2 saturated heterocycles. The van der Waals surface area contributed by atoms with Crippen molar-refractivity contribution in [2.24, 2.45) is 0 Å². The van der Waals surface area contributed by atoms with Gasteiger partial charge < -0.3 is 14.2 Å². The highest BCUT2D eigenvalue weighted by molar-refractivity contribution is 5.45. The Balaban J connectivity index is 1.43. The van der Waals surface area contributed by atoms with Gasteiger partial charge in [-0.2, -0.15) is 0 Å². The van der Waals surface area contributed by atoms with Crippen LogP contribution >= 0.6 is 0 Å². The summed E-state index contributed by atoms with van der Waals surface area (Å²) < 4.78 is 18.9. The predicted molar refractivity (Wildman–Crippen MR) is 124 cm³/mol. The molecule has 2 aromatic rings. The van der Waals surface area contributed by atoms with Gasteiger partial charge >= 0.3 is 0 Å². The SMILES string of the molecule is COc1ccc([C@H](c2nnnn2C[C@@H]2CCCO2)N2CCN(C3CCCC3)CC2)cc1OC. The summed E-state index contributed by atoms with van der Waals surface area (Å²) in [6.07, 6.45) is 7.77. The Hall–Kier alpha value is -2.23. The van der Waals surface area contributed by atoms with Crippen molar-refractivity contribution in [1.82, 2.24) is 30.0 Å². The van der Waals surface area contributed by atoms with Gasteiger partial charge in [0.1, 0.15) is 0 Å². The Morgan fingerprint density at radius 1 is 1.00 bits per heavy atom. The van der Waals surface area contributed by atoms with E-state index in [1.165, 1.54) is 25.7 Å². The van der Waals surface area contributed by atoms with E-state index < -0.39 is 0 Å². The van der Waals surface area contributed by atoms with E-state index in [0.29, 0.717) is 6.54 Å². The molecule has 0 N–H and O–H groups in total. The largest absolute Gasteiger partial charge is 0.493 e. The van der Waals surface area contributed by atoms with Crippen LogP contribution in [0.25, 0.3) is 0 Å². The second kappa shape index (κ2) is 10.4. The highest BCUT2D eigenvalue weighted by Gasteiger charge is 2.34. The molecule has 2 aliphatic heterocycles. The maximum absolute atomic E-state index is 5.88. The second-order valence-corrected chi connectivity index (χ2v) is 9.38. The van der Waals surface area contributed by atoms with Gasteiger partial charge in [-0.15, -0.1) is 5.10 Å². The molecule has 5 rings (SSSR count). The molecule has 0 amide bonds. The van der Waals surface area contributed by atoms with Gasteiger partial charge in [-0.1, -0.05) is 18.9 Å². The summed E-state index contributed by atoms with van der Waals surface area (Å²) in [5, 5.41) is 13.0. The van der Waals surface area contributed by atoms with Crippen LogP contribution in [-0.2, 0) is 11.3 Å². The molecule has 9 heteroatoms. The van der Waals surface area contributed by atoms with Gasteiger partial charge in [-0.25, -0.2) is 4.68 Å². The standard InChI is InChI=1S/C24H36N6O3/c1-31-21-10-9-18(16-22(21)32-2)23(24-25-26-27-30(24)17-20-8-5-15-33-20)29-13-11-28(12-14-29)19-6-3-4-7-19/h9-10,16,19-20,23H,3-8,11-15,17H2,1-2H3/t20-,23+/m0/s1. The number of tetrazole rings is 1. The molecule has 0 spiro atoms. The number of methoxy groups -OCH3 is 2. The second-order valence-electron chi connectivity index (χ2n) is 9.38. The van der Waals surface area contributed by atoms with E-state index in [4.69, 9.17) is 14.2 Å². The van der Waals surface area contributed by atoms with Crippen LogP contribution in [0, 0.1) is 0 Å². The van der Waals surface area contributed by atoms with Crippen molar-refractivity contribution in [3.05, 3.63) is 29.6 Å². The molecule has 0 bridgehead atoms. The average Bonchev–Trinajstić information content (AvgIpc) is 3.64. The molecule has 3 heterocycles. The van der Waals surface area contributed by atoms with Gasteiger partial charge in [0.25, 0.3) is 0 Å². The molecule has 0 radical (unpaired) electrons. The summed E-state index contributed by atoms with van der Waals surface area (Å²) in [6, 6.07) is 6.87. The maximum atomic E-state index is 5.88. The molecule has 3 fully saturated rings. The van der Waals surface area contributed by atoms with Crippen molar-refractivity contribution < 1.29 is 14.2 Å². The van der Waals surface area contributed by atoms with Crippen LogP contribution < -0.4 is 9.47 Å². The van der Waals surface area contributed by atoms with Crippen LogP contribution in [0.4, 0.5) is 0 Å². The van der Waals surface area contributed by atoms with Crippen molar-refractivity contribution >= 4 is 0 Å². The van der Waals surface area contributed by atoms with Gasteiger partial charge in [0, 0.05) is 38.8 Å². The lowest BCUT2D eigenvalue weighted by Gasteiger charge is -2.41. The Morgan fingerprint density at radius 3 is 2.48 bits per heavy atom. The van der Waals surface area contributed by atoms with Crippen molar-refractivity contribution in [2.75, 3.05) is 47.0 Å². The van der Waals surface area contributed by atoms with E-state index in [0.717, 1.165) is 74.6 Å². The van der Waals surface area contributed by atoms with Crippen molar-refractivity contribution in [3.8, 4) is 11.5 Å². The third kappa shape index (κ3) is 4.85. The quantitative estimate of drug-likeness (QED) is 0.600. The number of aromatic nitrogens is 4. The van der Waals surface area contributed by atoms with Gasteiger partial charge in [-0.05, 0) is 53.8 Å². The first-order chi connectivity index (χ1) is 16.3. The highest BCUT2D eigenvalue weighted by atomic mass is 16.5. The first-order valence-electron chi connectivity index (χ1n) is 12.3. The molecule has 33 heavy (non-hydrogen) atoms. The van der Waals surface area contributed by atoms with Crippen molar-refractivity contribution in [3.63, 3.8) is 0 Å². The fourth-order valence-corrected chi connectivity index (χ4v) is 5.69. The fraction of sp³-hybridized carbons (Fsp3) is 0.708. The normalized spacial score (nSPS) is 23.8. The first kappa shape index (κ1) is 22.6. The molecule has 180 valence electrons. The topological polar surface area (TPSA) is 77.8 Å². The number of benzene rings is 1. The number of piperazine rings is 1. The maximum Gasteiger partial charge on any atom is 0.173 e. The Kier molecular flexibility index (Phi) is 7.08. The Morgan fingerprint density at radius 2 is 1.79 bits per heavy atom. The summed E-state index contributed by atoms with van der Waals surface area (Å²) >= 11 is 0. The van der Waals surface area contributed by atoms with Crippen molar-refractivity contribution in [1.29, 1.82) is 0 Å². The van der Waals surface area contributed by atoms with Crippen LogP contribution in [-0.4, -0.2) is 89.2 Å². The van der Waals surface area contributed by atoms with E-state index in [-0.39, 0.29) is 12.1 Å². The average molecular weight is 457 g/mol. The van der Waals surface area contributed by atoms with E-state index in [2.05, 4.69) is 37.5 Å². The molecule has 9 nitrogen and oxygen atoms in total. The molecule has 0 unspecified atom stereocenters. The Bertz CT molecular complexity index is 901. The van der Waals surface area contributed by atoms with Gasteiger partial charge in [0.2, 0.25) is 0 Å². The minimum Gasteiger partial charge on any atom is -0.493 e. The molecule has 1 aromatic heterocycles.